The molecule has 0 saturated heterocycles. The van der Waals surface area contributed by atoms with Crippen molar-refractivity contribution in [1.29, 1.82) is 0 Å². The van der Waals surface area contributed by atoms with Gasteiger partial charge in [0, 0.05) is 27.9 Å². The van der Waals surface area contributed by atoms with Crippen molar-refractivity contribution < 1.29 is 4.79 Å². The standard InChI is InChI=1S/C18H15N7OS/c1-11-10-27-18(19-11)21-14-7-5-12(6-8-14)17(26)20-15-4-2-3-13(9-15)16-22-24-25-23-16/h2-10H,1H3,(H,19,21)(H,20,26)(H,22,23,24,25). The number of aromatic nitrogens is 5. The minimum atomic E-state index is -0.197. The van der Waals surface area contributed by atoms with Crippen LogP contribution in [0.5, 0.6) is 0 Å². The van der Waals surface area contributed by atoms with E-state index in [0.29, 0.717) is 17.1 Å². The van der Waals surface area contributed by atoms with Crippen molar-refractivity contribution in [3.05, 3.63) is 65.2 Å². The van der Waals surface area contributed by atoms with E-state index in [1.54, 1.807) is 18.2 Å². The fourth-order valence-electron chi connectivity index (χ4n) is 2.46. The van der Waals surface area contributed by atoms with E-state index < -0.39 is 0 Å². The second-order valence-corrected chi connectivity index (χ2v) is 6.62. The third kappa shape index (κ3) is 3.98. The Morgan fingerprint density at radius 1 is 1.11 bits per heavy atom. The van der Waals surface area contributed by atoms with Crippen LogP contribution in [0.4, 0.5) is 16.5 Å². The summed E-state index contributed by atoms with van der Waals surface area (Å²) in [6, 6.07) is 14.5. The molecule has 0 aliphatic rings. The third-order valence-electron chi connectivity index (χ3n) is 3.74. The van der Waals surface area contributed by atoms with Crippen molar-refractivity contribution in [2.45, 2.75) is 6.92 Å². The smallest absolute Gasteiger partial charge is 0.255 e. The predicted octanol–water partition coefficient (Wildman–Crippen LogP) is 3.63. The van der Waals surface area contributed by atoms with Crippen LogP contribution in [0.2, 0.25) is 0 Å². The lowest BCUT2D eigenvalue weighted by atomic mass is 10.1. The molecule has 0 bridgehead atoms. The van der Waals surface area contributed by atoms with E-state index >= 15 is 0 Å². The molecule has 2 aromatic heterocycles. The molecular weight excluding hydrogens is 362 g/mol. The van der Waals surface area contributed by atoms with Crippen LogP contribution >= 0.6 is 11.3 Å². The Kier molecular flexibility index (Phi) is 4.58. The number of H-pyrrole nitrogens is 1. The average molecular weight is 377 g/mol. The first-order valence-electron chi connectivity index (χ1n) is 8.12. The number of hydrogen-bond donors (Lipinski definition) is 3. The summed E-state index contributed by atoms with van der Waals surface area (Å²) in [7, 11) is 0. The van der Waals surface area contributed by atoms with E-state index in [1.807, 2.05) is 42.6 Å². The van der Waals surface area contributed by atoms with Crippen molar-refractivity contribution in [1.82, 2.24) is 25.6 Å². The summed E-state index contributed by atoms with van der Waals surface area (Å²) in [5.74, 6) is 0.274. The number of aromatic amines is 1. The van der Waals surface area contributed by atoms with Crippen molar-refractivity contribution in [3.63, 3.8) is 0 Å². The number of thiazole rings is 1. The van der Waals surface area contributed by atoms with Gasteiger partial charge in [0.15, 0.2) is 5.13 Å². The number of anilines is 3. The van der Waals surface area contributed by atoms with Gasteiger partial charge in [-0.15, -0.1) is 21.5 Å². The predicted molar refractivity (Wildman–Crippen MR) is 104 cm³/mol. The molecule has 0 aliphatic carbocycles. The van der Waals surface area contributed by atoms with Crippen LogP contribution in [0.15, 0.2) is 53.9 Å². The molecule has 4 aromatic rings. The first-order valence-corrected chi connectivity index (χ1v) is 9.00. The quantitative estimate of drug-likeness (QED) is 0.490. The molecule has 8 nitrogen and oxygen atoms in total. The zero-order chi connectivity index (χ0) is 18.6. The molecule has 3 N–H and O–H groups in total. The molecule has 0 spiro atoms. The molecule has 9 heteroatoms. The van der Waals surface area contributed by atoms with Crippen molar-refractivity contribution in [3.8, 4) is 11.4 Å². The topological polar surface area (TPSA) is 108 Å². The lowest BCUT2D eigenvalue weighted by molar-refractivity contribution is 0.102. The Morgan fingerprint density at radius 2 is 1.96 bits per heavy atom. The molecule has 0 fully saturated rings. The first-order chi connectivity index (χ1) is 13.2. The fourth-order valence-corrected chi connectivity index (χ4v) is 3.17. The molecule has 1 amide bonds. The second-order valence-electron chi connectivity index (χ2n) is 5.77. The number of tetrazole rings is 1. The van der Waals surface area contributed by atoms with Gasteiger partial charge in [-0.3, -0.25) is 4.79 Å². The molecule has 4 rings (SSSR count). The maximum Gasteiger partial charge on any atom is 0.255 e. The molecular formula is C18H15N7OS. The van der Waals surface area contributed by atoms with Gasteiger partial charge in [-0.25, -0.2) is 4.98 Å². The van der Waals surface area contributed by atoms with Crippen molar-refractivity contribution in [2.75, 3.05) is 10.6 Å². The SMILES string of the molecule is Cc1csc(Nc2ccc(C(=O)Nc3cccc(-c4nn[nH]n4)c3)cc2)n1. The van der Waals surface area contributed by atoms with Gasteiger partial charge < -0.3 is 10.6 Å². The van der Waals surface area contributed by atoms with Crippen LogP contribution in [0.25, 0.3) is 11.4 Å². The summed E-state index contributed by atoms with van der Waals surface area (Å²) in [6.07, 6.45) is 0. The van der Waals surface area contributed by atoms with Gasteiger partial charge in [-0.05, 0) is 48.5 Å². The maximum absolute atomic E-state index is 12.5. The molecule has 0 aliphatic heterocycles. The highest BCUT2D eigenvalue weighted by Gasteiger charge is 2.09. The lowest BCUT2D eigenvalue weighted by Gasteiger charge is -2.07. The third-order valence-corrected chi connectivity index (χ3v) is 4.62. The maximum atomic E-state index is 12.5. The van der Waals surface area contributed by atoms with Crippen LogP contribution < -0.4 is 10.6 Å². The van der Waals surface area contributed by atoms with Gasteiger partial charge in [-0.2, -0.15) is 5.21 Å². The van der Waals surface area contributed by atoms with Gasteiger partial charge in [0.25, 0.3) is 5.91 Å². The van der Waals surface area contributed by atoms with E-state index in [-0.39, 0.29) is 5.91 Å². The Hall–Kier alpha value is -3.59. The van der Waals surface area contributed by atoms with E-state index in [1.165, 1.54) is 11.3 Å². The van der Waals surface area contributed by atoms with Crippen LogP contribution in [0, 0.1) is 6.92 Å². The molecule has 2 heterocycles. The number of carbonyl (C=O) groups excluding carboxylic acids is 1. The highest BCUT2D eigenvalue weighted by molar-refractivity contribution is 7.13. The van der Waals surface area contributed by atoms with Crippen LogP contribution in [-0.4, -0.2) is 31.5 Å². The molecule has 134 valence electrons. The minimum absolute atomic E-state index is 0.197. The van der Waals surface area contributed by atoms with Gasteiger partial charge in [0.1, 0.15) is 0 Å². The van der Waals surface area contributed by atoms with E-state index in [0.717, 1.165) is 22.1 Å². The fraction of sp³-hybridized carbons (Fsp3) is 0.0556. The van der Waals surface area contributed by atoms with E-state index in [4.69, 9.17) is 0 Å². The first kappa shape index (κ1) is 16.9. The van der Waals surface area contributed by atoms with Gasteiger partial charge in [0.2, 0.25) is 5.82 Å². The molecule has 0 radical (unpaired) electrons. The van der Waals surface area contributed by atoms with Crippen LogP contribution in [0.3, 0.4) is 0 Å². The monoisotopic (exact) mass is 377 g/mol. The summed E-state index contributed by atoms with van der Waals surface area (Å²) in [4.78, 5) is 16.9. The normalized spacial score (nSPS) is 10.6. The highest BCUT2D eigenvalue weighted by Crippen LogP contribution is 2.22. The number of nitrogens with zero attached hydrogens (tertiary/aromatic N) is 4. The zero-order valence-corrected chi connectivity index (χ0v) is 15.1. The molecule has 0 atom stereocenters. The Labute approximate surface area is 158 Å². The summed E-state index contributed by atoms with van der Waals surface area (Å²) in [6.45, 7) is 1.95. The number of aryl methyl sites for hydroxylation is 1. The summed E-state index contributed by atoms with van der Waals surface area (Å²) >= 11 is 1.54. The number of benzene rings is 2. The van der Waals surface area contributed by atoms with Crippen LogP contribution in [-0.2, 0) is 0 Å². The number of amides is 1. The van der Waals surface area contributed by atoms with Crippen molar-refractivity contribution in [2.24, 2.45) is 0 Å². The van der Waals surface area contributed by atoms with Crippen LogP contribution in [0.1, 0.15) is 16.1 Å². The van der Waals surface area contributed by atoms with E-state index in [9.17, 15) is 4.79 Å². The average Bonchev–Trinajstić information content (AvgIpc) is 3.35. The Morgan fingerprint density at radius 3 is 2.67 bits per heavy atom. The van der Waals surface area contributed by atoms with Gasteiger partial charge in [0.05, 0.1) is 5.69 Å². The second kappa shape index (κ2) is 7.34. The van der Waals surface area contributed by atoms with Gasteiger partial charge in [-0.1, -0.05) is 12.1 Å². The number of nitrogens with one attached hydrogen (secondary N) is 3. The summed E-state index contributed by atoms with van der Waals surface area (Å²) in [5, 5.41) is 22.7. The Bertz CT molecular complexity index is 1060. The minimum Gasteiger partial charge on any atom is -0.332 e. The zero-order valence-electron chi connectivity index (χ0n) is 14.3. The summed E-state index contributed by atoms with van der Waals surface area (Å²) < 4.78 is 0. The highest BCUT2D eigenvalue weighted by atomic mass is 32.1. The van der Waals surface area contributed by atoms with Crippen molar-refractivity contribution >= 4 is 33.8 Å². The summed E-state index contributed by atoms with van der Waals surface area (Å²) in [5.41, 5.74) is 3.82. The van der Waals surface area contributed by atoms with E-state index in [2.05, 4.69) is 36.2 Å². The number of hydrogen-bond acceptors (Lipinski definition) is 7. The molecule has 2 aromatic carbocycles. The Balaban J connectivity index is 1.44. The molecule has 0 saturated carbocycles. The lowest BCUT2D eigenvalue weighted by Crippen LogP contribution is -2.11. The van der Waals surface area contributed by atoms with Gasteiger partial charge >= 0.3 is 0 Å². The number of rotatable bonds is 5. The molecule has 27 heavy (non-hydrogen) atoms. The largest absolute Gasteiger partial charge is 0.332 e. The molecule has 0 unspecified atom stereocenters. The number of carbonyl (C=O) groups is 1.